The zero-order valence-electron chi connectivity index (χ0n) is 14.7. The van der Waals surface area contributed by atoms with Gasteiger partial charge in [-0.25, -0.2) is 0 Å². The van der Waals surface area contributed by atoms with E-state index < -0.39 is 0 Å². The second kappa shape index (κ2) is 8.54. The van der Waals surface area contributed by atoms with Gasteiger partial charge in [-0.05, 0) is 53.1 Å². The van der Waals surface area contributed by atoms with Gasteiger partial charge in [-0.1, -0.05) is 13.8 Å². The molecule has 0 aliphatic carbocycles. The van der Waals surface area contributed by atoms with Crippen LogP contribution in [0.2, 0.25) is 0 Å². The Kier molecular flexibility index (Phi) is 7.40. The molecule has 1 aromatic rings. The smallest absolute Gasteiger partial charge is 0.0630 e. The number of nitrogens with zero attached hydrogens (tertiary/aromatic N) is 2. The van der Waals surface area contributed by atoms with Crippen LogP contribution in [0.1, 0.15) is 59.4 Å². The Morgan fingerprint density at radius 3 is 2.52 bits per heavy atom. The fourth-order valence-corrected chi connectivity index (χ4v) is 2.27. The first-order valence-corrected chi connectivity index (χ1v) is 8.32. The standard InChI is InChI=1S/C17H33N3O/c1-7-10-18-15(13-21-17(4,5)6)12-16-11-14(8-2)19-20(16)9-3/h11,15,18H,7-10,12-13H2,1-6H3. The lowest BCUT2D eigenvalue weighted by molar-refractivity contribution is -0.0145. The van der Waals surface area contributed by atoms with Gasteiger partial charge in [0.15, 0.2) is 0 Å². The molecule has 0 bridgehead atoms. The molecule has 1 unspecified atom stereocenters. The summed E-state index contributed by atoms with van der Waals surface area (Å²) in [7, 11) is 0. The predicted octanol–water partition coefficient (Wildman–Crippen LogP) is 3.19. The molecule has 0 radical (unpaired) electrons. The molecule has 0 fully saturated rings. The van der Waals surface area contributed by atoms with Gasteiger partial charge in [0.25, 0.3) is 0 Å². The van der Waals surface area contributed by atoms with Gasteiger partial charge in [-0.2, -0.15) is 5.10 Å². The van der Waals surface area contributed by atoms with Gasteiger partial charge in [0.2, 0.25) is 0 Å². The zero-order valence-corrected chi connectivity index (χ0v) is 14.7. The number of rotatable bonds is 9. The molecule has 4 nitrogen and oxygen atoms in total. The van der Waals surface area contributed by atoms with Crippen molar-refractivity contribution in [2.75, 3.05) is 13.2 Å². The van der Waals surface area contributed by atoms with Crippen LogP contribution in [-0.2, 0) is 24.1 Å². The number of ether oxygens (including phenoxy) is 1. The Bertz CT molecular complexity index is 407. The van der Waals surface area contributed by atoms with Crippen LogP contribution in [0.4, 0.5) is 0 Å². The van der Waals surface area contributed by atoms with E-state index in [0.717, 1.165) is 39.0 Å². The molecular weight excluding hydrogens is 262 g/mol. The summed E-state index contributed by atoms with van der Waals surface area (Å²) in [6.07, 6.45) is 3.10. The third-order valence-corrected chi connectivity index (χ3v) is 3.43. The summed E-state index contributed by atoms with van der Waals surface area (Å²) in [6, 6.07) is 2.58. The van der Waals surface area contributed by atoms with E-state index in [9.17, 15) is 0 Å². The molecule has 1 N–H and O–H groups in total. The maximum atomic E-state index is 5.98. The molecule has 1 rings (SSSR count). The Hall–Kier alpha value is -0.870. The van der Waals surface area contributed by atoms with Crippen molar-refractivity contribution in [1.82, 2.24) is 15.1 Å². The highest BCUT2D eigenvalue weighted by Crippen LogP contribution is 2.12. The summed E-state index contributed by atoms with van der Waals surface area (Å²) >= 11 is 0. The summed E-state index contributed by atoms with van der Waals surface area (Å²) in [5, 5.41) is 8.24. The number of nitrogens with one attached hydrogen (secondary N) is 1. The van der Waals surface area contributed by atoms with E-state index >= 15 is 0 Å². The lowest BCUT2D eigenvalue weighted by atomic mass is 10.1. The summed E-state index contributed by atoms with van der Waals surface area (Å²) < 4.78 is 8.10. The average Bonchev–Trinajstić information content (AvgIpc) is 2.83. The van der Waals surface area contributed by atoms with Crippen molar-refractivity contribution in [3.05, 3.63) is 17.5 Å². The monoisotopic (exact) mass is 295 g/mol. The highest BCUT2D eigenvalue weighted by Gasteiger charge is 2.17. The van der Waals surface area contributed by atoms with Gasteiger partial charge < -0.3 is 10.1 Å². The molecule has 0 spiro atoms. The molecule has 21 heavy (non-hydrogen) atoms. The van der Waals surface area contributed by atoms with Crippen LogP contribution >= 0.6 is 0 Å². The Morgan fingerprint density at radius 1 is 1.29 bits per heavy atom. The van der Waals surface area contributed by atoms with Gasteiger partial charge in [0.1, 0.15) is 0 Å². The highest BCUT2D eigenvalue weighted by molar-refractivity contribution is 5.12. The number of hydrogen-bond acceptors (Lipinski definition) is 3. The summed E-state index contributed by atoms with van der Waals surface area (Å²) in [5.41, 5.74) is 2.39. The van der Waals surface area contributed by atoms with Crippen LogP contribution in [0.5, 0.6) is 0 Å². The molecule has 0 amide bonds. The molecular formula is C17H33N3O. The third kappa shape index (κ3) is 6.62. The Balaban J connectivity index is 2.72. The topological polar surface area (TPSA) is 39.1 Å². The Morgan fingerprint density at radius 2 is 2.00 bits per heavy atom. The average molecular weight is 295 g/mol. The Labute approximate surface area is 130 Å². The van der Waals surface area contributed by atoms with Crippen molar-refractivity contribution < 1.29 is 4.74 Å². The summed E-state index contributed by atoms with van der Waals surface area (Å²) in [4.78, 5) is 0. The van der Waals surface area contributed by atoms with Crippen molar-refractivity contribution in [1.29, 1.82) is 0 Å². The SMILES string of the molecule is CCCNC(COC(C)(C)C)Cc1cc(CC)nn1CC. The van der Waals surface area contributed by atoms with Crippen molar-refractivity contribution in [2.45, 2.75) is 79.0 Å². The third-order valence-electron chi connectivity index (χ3n) is 3.43. The van der Waals surface area contributed by atoms with E-state index in [1.807, 2.05) is 0 Å². The zero-order chi connectivity index (χ0) is 15.9. The first-order valence-electron chi connectivity index (χ1n) is 8.32. The first-order chi connectivity index (χ1) is 9.89. The minimum Gasteiger partial charge on any atom is -0.374 e. The highest BCUT2D eigenvalue weighted by atomic mass is 16.5. The maximum Gasteiger partial charge on any atom is 0.0630 e. The second-order valence-electron chi connectivity index (χ2n) is 6.57. The van der Waals surface area contributed by atoms with Gasteiger partial charge in [0, 0.05) is 24.7 Å². The van der Waals surface area contributed by atoms with Crippen LogP contribution in [0, 0.1) is 0 Å². The fraction of sp³-hybridized carbons (Fsp3) is 0.824. The number of aromatic nitrogens is 2. The van der Waals surface area contributed by atoms with Crippen LogP contribution in [0.25, 0.3) is 0 Å². The molecule has 0 aromatic carbocycles. The summed E-state index contributed by atoms with van der Waals surface area (Å²) in [6.45, 7) is 15.5. The second-order valence-corrected chi connectivity index (χ2v) is 6.57. The molecule has 0 saturated carbocycles. The van der Waals surface area contributed by atoms with Gasteiger partial charge in [0.05, 0.1) is 17.9 Å². The van der Waals surface area contributed by atoms with E-state index in [1.165, 1.54) is 11.4 Å². The van der Waals surface area contributed by atoms with Crippen molar-refractivity contribution in [3.63, 3.8) is 0 Å². The fourth-order valence-electron chi connectivity index (χ4n) is 2.27. The largest absolute Gasteiger partial charge is 0.374 e. The van der Waals surface area contributed by atoms with E-state index in [0.29, 0.717) is 6.04 Å². The molecule has 4 heteroatoms. The van der Waals surface area contributed by atoms with Gasteiger partial charge in [-0.15, -0.1) is 0 Å². The molecule has 1 atom stereocenters. The van der Waals surface area contributed by atoms with E-state index in [-0.39, 0.29) is 5.60 Å². The number of hydrogen-bond donors (Lipinski definition) is 1. The molecule has 122 valence electrons. The van der Waals surface area contributed by atoms with E-state index in [1.54, 1.807) is 0 Å². The molecule has 0 saturated heterocycles. The van der Waals surface area contributed by atoms with Crippen molar-refractivity contribution in [2.24, 2.45) is 0 Å². The lowest BCUT2D eigenvalue weighted by Crippen LogP contribution is -2.39. The van der Waals surface area contributed by atoms with E-state index in [4.69, 9.17) is 4.74 Å². The maximum absolute atomic E-state index is 5.98. The summed E-state index contributed by atoms with van der Waals surface area (Å²) in [5.74, 6) is 0. The van der Waals surface area contributed by atoms with Crippen LogP contribution in [-0.4, -0.2) is 34.6 Å². The molecule has 0 aliphatic heterocycles. The van der Waals surface area contributed by atoms with Crippen LogP contribution < -0.4 is 5.32 Å². The van der Waals surface area contributed by atoms with Crippen molar-refractivity contribution >= 4 is 0 Å². The predicted molar refractivity (Wildman–Crippen MR) is 88.8 cm³/mol. The quantitative estimate of drug-likeness (QED) is 0.760. The minimum atomic E-state index is -0.0915. The molecule has 1 aromatic heterocycles. The molecule has 1 heterocycles. The lowest BCUT2D eigenvalue weighted by Gasteiger charge is -2.25. The normalized spacial score (nSPS) is 13.6. The van der Waals surface area contributed by atoms with Crippen molar-refractivity contribution in [3.8, 4) is 0 Å². The molecule has 0 aliphatic rings. The van der Waals surface area contributed by atoms with Crippen LogP contribution in [0.15, 0.2) is 6.07 Å². The first kappa shape index (κ1) is 18.2. The van der Waals surface area contributed by atoms with Gasteiger partial charge >= 0.3 is 0 Å². The minimum absolute atomic E-state index is 0.0915. The van der Waals surface area contributed by atoms with Crippen LogP contribution in [0.3, 0.4) is 0 Å². The van der Waals surface area contributed by atoms with E-state index in [2.05, 4.69) is 62.7 Å². The number of aryl methyl sites for hydroxylation is 2. The van der Waals surface area contributed by atoms with Gasteiger partial charge in [-0.3, -0.25) is 4.68 Å².